The van der Waals surface area contributed by atoms with Crippen molar-refractivity contribution in [1.82, 2.24) is 0 Å². The zero-order valence-corrected chi connectivity index (χ0v) is 11.6. The molecule has 0 unspecified atom stereocenters. The minimum absolute atomic E-state index is 0. The number of hydrogen-bond acceptors (Lipinski definition) is 4. The summed E-state index contributed by atoms with van der Waals surface area (Å²) in [7, 11) is 0. The maximum atomic E-state index is 8.58. The molecule has 0 N–H and O–H groups in total. The molecular formula is LaMnO4Sr+3. The molecule has 0 spiro atoms. The van der Waals surface area contributed by atoms with Crippen LogP contribution in [-0.2, 0) is 21.0 Å². The minimum Gasteiger partial charge on any atom is 2.00 e. The van der Waals surface area contributed by atoms with Gasteiger partial charge < -0.3 is 0 Å². The van der Waals surface area contributed by atoms with Gasteiger partial charge >= 0.3 is 110 Å². The molecule has 0 aliphatic carbocycles. The van der Waals surface area contributed by atoms with E-state index in [-0.39, 0.29) is 81.1 Å². The second-order valence-corrected chi connectivity index (χ2v) is 1.56. The molecule has 0 aromatic heterocycles. The molecule has 0 amide bonds. The summed E-state index contributed by atoms with van der Waals surface area (Å²) in [6, 6.07) is 0. The van der Waals surface area contributed by atoms with Gasteiger partial charge in [0.25, 0.3) is 0 Å². The van der Waals surface area contributed by atoms with Gasteiger partial charge in [-0.2, -0.15) is 0 Å². The normalized spacial score (nSPS) is 8.29. The van der Waals surface area contributed by atoms with E-state index in [0.717, 1.165) is 0 Å². The fourth-order valence-electron chi connectivity index (χ4n) is 0. The molecule has 0 bridgehead atoms. The van der Waals surface area contributed by atoms with Crippen LogP contribution in [0.25, 0.3) is 0 Å². The fourth-order valence-corrected chi connectivity index (χ4v) is 0. The van der Waals surface area contributed by atoms with Gasteiger partial charge in [-0.25, -0.2) is 0 Å². The Balaban J connectivity index is -0.0000000800. The van der Waals surface area contributed by atoms with Crippen molar-refractivity contribution >= 4 is 45.5 Å². The molecule has 7 heteroatoms. The summed E-state index contributed by atoms with van der Waals surface area (Å²) in [5.41, 5.74) is 0. The van der Waals surface area contributed by atoms with E-state index in [0.29, 0.717) is 0 Å². The molecule has 0 rings (SSSR count). The van der Waals surface area contributed by atoms with E-state index in [1.807, 2.05) is 0 Å². The molecule has 7 heavy (non-hydrogen) atoms. The largest absolute Gasteiger partial charge is 2.00 e. The molecule has 0 saturated heterocycles. The summed E-state index contributed by atoms with van der Waals surface area (Å²) in [6.45, 7) is 0. The SMILES string of the molecule is [La+3].[O]=[Mn](=[O])([O-])[O-].[Sr+2]. The third-order valence-corrected chi connectivity index (χ3v) is 0. The molecule has 0 aliphatic heterocycles. The Morgan fingerprint density at radius 3 is 1.14 bits per heavy atom. The Morgan fingerprint density at radius 1 is 1.14 bits per heavy atom. The van der Waals surface area contributed by atoms with Gasteiger partial charge in [-0.05, 0) is 0 Å². The second kappa shape index (κ2) is 6.83. The maximum Gasteiger partial charge on any atom is 2.00 e. The Hall–Kier alpha value is 2.71. The number of rotatable bonds is 0. The zero-order chi connectivity index (χ0) is 4.50. The van der Waals surface area contributed by atoms with E-state index in [2.05, 4.69) is 0 Å². The quantitative estimate of drug-likeness (QED) is 0.438. The fraction of sp³-hybridized carbons (Fsp3) is 0. The van der Waals surface area contributed by atoms with Crippen LogP contribution in [0.1, 0.15) is 0 Å². The molecule has 33 valence electrons. The second-order valence-electron chi connectivity index (χ2n) is 0.378. The predicted molar refractivity (Wildman–Crippen MR) is 7.13 cm³/mol. The first-order valence-corrected chi connectivity index (χ1v) is 2.54. The summed E-state index contributed by atoms with van der Waals surface area (Å²) in [5.74, 6) is 0. The predicted octanol–water partition coefficient (Wildman–Crippen LogP) is -3.00. The van der Waals surface area contributed by atoms with Crippen molar-refractivity contribution < 1.29 is 65.0 Å². The molecule has 0 saturated carbocycles. The Kier molecular flexibility index (Phi) is 16.0. The van der Waals surface area contributed by atoms with Gasteiger partial charge in [-0.3, -0.25) is 0 Å². The van der Waals surface area contributed by atoms with Crippen LogP contribution < -0.4 is 8.38 Å². The maximum absolute atomic E-state index is 8.58. The topological polar surface area (TPSA) is 80.3 Å². The van der Waals surface area contributed by atoms with Crippen LogP contribution in [0.2, 0.25) is 0 Å². The Bertz CT molecular complexity index is 94.9. The van der Waals surface area contributed by atoms with Gasteiger partial charge in [0.15, 0.2) is 0 Å². The number of hydrogen-bond donors (Lipinski definition) is 0. The van der Waals surface area contributed by atoms with Gasteiger partial charge in [0.05, 0.1) is 0 Å². The monoisotopic (exact) mass is 346 g/mol. The van der Waals surface area contributed by atoms with Crippen LogP contribution in [0.5, 0.6) is 0 Å². The molecule has 0 heterocycles. The van der Waals surface area contributed by atoms with Gasteiger partial charge in [-0.15, -0.1) is 0 Å². The minimum atomic E-state index is -5.62. The summed E-state index contributed by atoms with van der Waals surface area (Å²) in [5, 5.41) is 0. The van der Waals surface area contributed by atoms with Gasteiger partial charge in [-0.1, -0.05) is 0 Å². The molecule has 0 atom stereocenters. The van der Waals surface area contributed by atoms with Crippen LogP contribution in [0, 0.1) is 35.6 Å². The zero-order valence-electron chi connectivity index (χ0n) is 3.30. The van der Waals surface area contributed by atoms with Gasteiger partial charge in [0.1, 0.15) is 0 Å². The van der Waals surface area contributed by atoms with Crippen LogP contribution in [0.3, 0.4) is 0 Å². The van der Waals surface area contributed by atoms with E-state index in [4.69, 9.17) is 16.0 Å². The van der Waals surface area contributed by atoms with Crippen molar-refractivity contribution in [1.29, 1.82) is 0 Å². The smallest absolute Gasteiger partial charge is 2.00 e. The van der Waals surface area contributed by atoms with Crippen LogP contribution >= 0.6 is 0 Å². The van der Waals surface area contributed by atoms with Crippen LogP contribution in [0.4, 0.5) is 0 Å². The van der Waals surface area contributed by atoms with E-state index >= 15 is 0 Å². The average Bonchev–Trinajstić information content (AvgIpc) is 0.722. The van der Waals surface area contributed by atoms with E-state index in [1.54, 1.807) is 0 Å². The van der Waals surface area contributed by atoms with Crippen molar-refractivity contribution in [3.8, 4) is 0 Å². The van der Waals surface area contributed by atoms with Crippen molar-refractivity contribution in [3.63, 3.8) is 0 Å². The molecule has 0 aromatic rings. The molecule has 0 fully saturated rings. The van der Waals surface area contributed by atoms with Crippen molar-refractivity contribution in [2.24, 2.45) is 0 Å². The van der Waals surface area contributed by atoms with Crippen molar-refractivity contribution in [3.05, 3.63) is 0 Å². The third kappa shape index (κ3) is 53.3. The van der Waals surface area contributed by atoms with Crippen LogP contribution in [-0.4, -0.2) is 45.5 Å². The Morgan fingerprint density at radius 2 is 1.14 bits per heavy atom. The standard InChI is InChI=1S/La.Mn.4O.Sr/q+3;;;;2*-1;+2. The van der Waals surface area contributed by atoms with Crippen molar-refractivity contribution in [2.75, 3.05) is 0 Å². The molecule has 0 aromatic carbocycles. The molecule has 0 aliphatic rings. The van der Waals surface area contributed by atoms with E-state index in [1.165, 1.54) is 0 Å². The van der Waals surface area contributed by atoms with Gasteiger partial charge in [0.2, 0.25) is 0 Å². The first-order valence-electron chi connectivity index (χ1n) is 0.617. The van der Waals surface area contributed by atoms with Gasteiger partial charge in [0, 0.05) is 0 Å². The average molecular weight is 345 g/mol. The van der Waals surface area contributed by atoms with Crippen molar-refractivity contribution in [2.45, 2.75) is 0 Å². The van der Waals surface area contributed by atoms with E-state index < -0.39 is 13.4 Å². The molecule has 0 radical (unpaired) electrons. The molecule has 4 nitrogen and oxygen atoms in total. The third-order valence-electron chi connectivity index (χ3n) is 0. The van der Waals surface area contributed by atoms with E-state index in [9.17, 15) is 0 Å². The molecular weight excluding hydrogens is 345 g/mol. The summed E-state index contributed by atoms with van der Waals surface area (Å²) >= 11 is -5.62. The Labute approximate surface area is 108 Å². The summed E-state index contributed by atoms with van der Waals surface area (Å²) < 4.78 is 34.3. The summed E-state index contributed by atoms with van der Waals surface area (Å²) in [6.07, 6.45) is 0. The first kappa shape index (κ1) is 16.4. The first-order chi connectivity index (χ1) is 2.00. The summed E-state index contributed by atoms with van der Waals surface area (Å²) in [4.78, 5) is 0. The van der Waals surface area contributed by atoms with Crippen LogP contribution in [0.15, 0.2) is 0 Å².